The minimum absolute atomic E-state index is 0.319. The van der Waals surface area contributed by atoms with E-state index in [4.69, 9.17) is 5.41 Å². The molecular formula is C15H13N3S. The van der Waals surface area contributed by atoms with Crippen molar-refractivity contribution in [2.24, 2.45) is 0 Å². The molecule has 3 nitrogen and oxygen atoms in total. The van der Waals surface area contributed by atoms with Crippen molar-refractivity contribution in [1.29, 1.82) is 5.41 Å². The summed E-state index contributed by atoms with van der Waals surface area (Å²) in [5.41, 5.74) is 3.29. The van der Waals surface area contributed by atoms with Gasteiger partial charge in [-0.15, -0.1) is 0 Å². The molecule has 19 heavy (non-hydrogen) atoms. The third-order valence-electron chi connectivity index (χ3n) is 2.88. The molecule has 0 saturated heterocycles. The summed E-state index contributed by atoms with van der Waals surface area (Å²) in [5, 5.41) is 7.78. The molecule has 0 aliphatic rings. The van der Waals surface area contributed by atoms with Crippen LogP contribution in [0.3, 0.4) is 0 Å². The molecule has 0 saturated carbocycles. The summed E-state index contributed by atoms with van der Waals surface area (Å²) in [5.74, 6) is 0.821. The van der Waals surface area contributed by atoms with E-state index >= 15 is 0 Å². The highest BCUT2D eigenvalue weighted by atomic mass is 32.1. The van der Waals surface area contributed by atoms with Crippen LogP contribution in [0.5, 0.6) is 0 Å². The van der Waals surface area contributed by atoms with Crippen LogP contribution in [0.4, 0.5) is 0 Å². The smallest absolute Gasteiger partial charge is 0.220 e. The van der Waals surface area contributed by atoms with Gasteiger partial charge in [-0.05, 0) is 30.6 Å². The third kappa shape index (κ3) is 2.35. The molecule has 2 aromatic carbocycles. The van der Waals surface area contributed by atoms with Gasteiger partial charge in [-0.25, -0.2) is 3.96 Å². The van der Waals surface area contributed by atoms with E-state index < -0.39 is 0 Å². The van der Waals surface area contributed by atoms with Crippen molar-refractivity contribution in [3.8, 4) is 17.1 Å². The minimum atomic E-state index is 0.319. The van der Waals surface area contributed by atoms with Crippen molar-refractivity contribution in [1.82, 2.24) is 8.94 Å². The highest BCUT2D eigenvalue weighted by molar-refractivity contribution is 7.04. The van der Waals surface area contributed by atoms with Gasteiger partial charge < -0.3 is 0 Å². The number of aryl methyl sites for hydroxylation is 1. The fourth-order valence-corrected chi connectivity index (χ4v) is 2.67. The molecule has 4 heteroatoms. The average Bonchev–Trinajstić information content (AvgIpc) is 2.83. The third-order valence-corrected chi connectivity index (χ3v) is 3.71. The van der Waals surface area contributed by atoms with Crippen LogP contribution in [-0.4, -0.2) is 8.94 Å². The quantitative estimate of drug-likeness (QED) is 0.759. The van der Waals surface area contributed by atoms with Crippen LogP contribution in [0.25, 0.3) is 17.1 Å². The molecule has 1 aromatic heterocycles. The van der Waals surface area contributed by atoms with E-state index in [-0.39, 0.29) is 0 Å². The summed E-state index contributed by atoms with van der Waals surface area (Å²) >= 11 is 1.34. The summed E-state index contributed by atoms with van der Waals surface area (Å²) < 4.78 is 1.99. The van der Waals surface area contributed by atoms with Gasteiger partial charge in [0.1, 0.15) is 0 Å². The van der Waals surface area contributed by atoms with E-state index in [2.05, 4.69) is 24.0 Å². The van der Waals surface area contributed by atoms with Gasteiger partial charge in [0.2, 0.25) is 4.80 Å². The molecule has 0 radical (unpaired) electrons. The first-order valence-corrected chi connectivity index (χ1v) is 6.79. The zero-order valence-electron chi connectivity index (χ0n) is 10.5. The van der Waals surface area contributed by atoms with E-state index in [9.17, 15) is 0 Å². The molecule has 0 spiro atoms. The Morgan fingerprint density at radius 1 is 1.00 bits per heavy atom. The lowest BCUT2D eigenvalue weighted by Crippen LogP contribution is -1.95. The van der Waals surface area contributed by atoms with Crippen LogP contribution in [0.15, 0.2) is 54.6 Å². The molecule has 0 bridgehead atoms. The molecule has 0 unspecified atom stereocenters. The predicted octanol–water partition coefficient (Wildman–Crippen LogP) is 3.39. The van der Waals surface area contributed by atoms with Crippen molar-refractivity contribution in [2.75, 3.05) is 0 Å². The van der Waals surface area contributed by atoms with Crippen molar-refractivity contribution in [3.63, 3.8) is 0 Å². The summed E-state index contributed by atoms with van der Waals surface area (Å²) in [6.07, 6.45) is 0. The highest BCUT2D eigenvalue weighted by Crippen LogP contribution is 2.22. The van der Waals surface area contributed by atoms with Crippen LogP contribution < -0.4 is 4.80 Å². The number of nitrogens with zero attached hydrogens (tertiary/aromatic N) is 2. The van der Waals surface area contributed by atoms with Gasteiger partial charge in [0.05, 0.1) is 5.69 Å². The molecule has 0 aliphatic heterocycles. The topological polar surface area (TPSA) is 41.7 Å². The fourth-order valence-electron chi connectivity index (χ4n) is 1.91. The lowest BCUT2D eigenvalue weighted by molar-refractivity contribution is 1.11. The van der Waals surface area contributed by atoms with Crippen LogP contribution in [0, 0.1) is 12.3 Å². The Bertz CT molecular complexity index is 739. The molecule has 0 fully saturated rings. The Balaban J connectivity index is 2.17. The molecular weight excluding hydrogens is 254 g/mol. The summed E-state index contributed by atoms with van der Waals surface area (Å²) in [7, 11) is 0. The van der Waals surface area contributed by atoms with Gasteiger partial charge in [-0.3, -0.25) is 5.41 Å². The summed E-state index contributed by atoms with van der Waals surface area (Å²) in [4.78, 5) is 4.65. The molecule has 3 aromatic rings. The van der Waals surface area contributed by atoms with Gasteiger partial charge >= 0.3 is 0 Å². The zero-order valence-corrected chi connectivity index (χ0v) is 11.3. The number of hydrogen-bond donors (Lipinski definition) is 1. The first-order chi connectivity index (χ1) is 9.24. The van der Waals surface area contributed by atoms with Crippen molar-refractivity contribution in [2.45, 2.75) is 6.92 Å². The standard InChI is InChI=1S/C15H13N3S/c1-11-7-9-12(10-8-11)14-17-15(16)19-18(14)13-5-3-2-4-6-13/h2-10,16H,1H3. The Kier molecular flexibility index (Phi) is 3.01. The lowest BCUT2D eigenvalue weighted by atomic mass is 10.1. The molecule has 1 heterocycles. The Morgan fingerprint density at radius 3 is 2.37 bits per heavy atom. The predicted molar refractivity (Wildman–Crippen MR) is 77.5 cm³/mol. The van der Waals surface area contributed by atoms with E-state index in [0.717, 1.165) is 17.1 Å². The second kappa shape index (κ2) is 4.82. The van der Waals surface area contributed by atoms with Crippen molar-refractivity contribution >= 4 is 11.5 Å². The van der Waals surface area contributed by atoms with Crippen molar-refractivity contribution in [3.05, 3.63) is 65.0 Å². The van der Waals surface area contributed by atoms with E-state index in [1.165, 1.54) is 17.1 Å². The molecule has 94 valence electrons. The summed E-state index contributed by atoms with van der Waals surface area (Å²) in [6.45, 7) is 2.06. The molecule has 0 aliphatic carbocycles. The summed E-state index contributed by atoms with van der Waals surface area (Å²) in [6, 6.07) is 18.2. The second-order valence-electron chi connectivity index (χ2n) is 4.33. The van der Waals surface area contributed by atoms with Gasteiger partial charge in [0.25, 0.3) is 0 Å². The van der Waals surface area contributed by atoms with Crippen LogP contribution in [0.2, 0.25) is 0 Å². The van der Waals surface area contributed by atoms with Gasteiger partial charge in [-0.1, -0.05) is 48.0 Å². The lowest BCUT2D eigenvalue weighted by Gasteiger charge is -2.06. The van der Waals surface area contributed by atoms with E-state index in [0.29, 0.717) is 4.80 Å². The van der Waals surface area contributed by atoms with E-state index in [1.807, 2.05) is 46.4 Å². The number of para-hydroxylation sites is 1. The number of aromatic nitrogens is 2. The second-order valence-corrected chi connectivity index (χ2v) is 5.26. The molecule has 0 amide bonds. The maximum absolute atomic E-state index is 7.78. The SMILES string of the molecule is Cc1ccc(-c2nc(=N)sn2-c2ccccc2)cc1. The first kappa shape index (κ1) is 11.9. The zero-order chi connectivity index (χ0) is 13.2. The Labute approximate surface area is 115 Å². The number of rotatable bonds is 2. The maximum atomic E-state index is 7.78. The van der Waals surface area contributed by atoms with Crippen LogP contribution in [0.1, 0.15) is 5.56 Å². The first-order valence-electron chi connectivity index (χ1n) is 6.01. The van der Waals surface area contributed by atoms with Gasteiger partial charge in [0.15, 0.2) is 5.82 Å². The molecule has 0 atom stereocenters. The van der Waals surface area contributed by atoms with Crippen LogP contribution >= 0.6 is 11.5 Å². The van der Waals surface area contributed by atoms with Gasteiger partial charge in [0, 0.05) is 5.56 Å². The number of nitrogens with one attached hydrogen (secondary N) is 1. The minimum Gasteiger partial charge on any atom is -0.272 e. The van der Waals surface area contributed by atoms with E-state index in [1.54, 1.807) is 0 Å². The van der Waals surface area contributed by atoms with Crippen LogP contribution in [-0.2, 0) is 0 Å². The fraction of sp³-hybridized carbons (Fsp3) is 0.0667. The largest absolute Gasteiger partial charge is 0.272 e. The van der Waals surface area contributed by atoms with Gasteiger partial charge in [-0.2, -0.15) is 4.98 Å². The average molecular weight is 267 g/mol. The Morgan fingerprint density at radius 2 is 1.68 bits per heavy atom. The number of benzene rings is 2. The highest BCUT2D eigenvalue weighted by Gasteiger charge is 2.09. The molecule has 1 N–H and O–H groups in total. The molecule has 3 rings (SSSR count). The maximum Gasteiger partial charge on any atom is 0.220 e. The monoisotopic (exact) mass is 267 g/mol. The normalized spacial score (nSPS) is 10.6. The number of hydrogen-bond acceptors (Lipinski definition) is 3. The Hall–Kier alpha value is -2.20. The van der Waals surface area contributed by atoms with Crippen molar-refractivity contribution < 1.29 is 0 Å².